The normalized spacial score (nSPS) is 23.1. The van der Waals surface area contributed by atoms with E-state index in [4.69, 9.17) is 4.74 Å². The number of piperidine rings is 1. The molecule has 3 rings (SSSR count). The Morgan fingerprint density at radius 2 is 2.00 bits per heavy atom. The van der Waals surface area contributed by atoms with E-state index < -0.39 is 0 Å². The number of benzene rings is 1. The lowest BCUT2D eigenvalue weighted by atomic mass is 9.97. The zero-order valence-electron chi connectivity index (χ0n) is 18.4. The Kier molecular flexibility index (Phi) is 9.82. The third-order valence-electron chi connectivity index (χ3n) is 6.02. The van der Waals surface area contributed by atoms with Crippen LogP contribution in [0.3, 0.4) is 0 Å². The van der Waals surface area contributed by atoms with Crippen molar-refractivity contribution in [2.24, 2.45) is 10.9 Å². The highest BCUT2D eigenvalue weighted by molar-refractivity contribution is 14.0. The molecule has 1 aromatic rings. The van der Waals surface area contributed by atoms with Crippen LogP contribution in [0.1, 0.15) is 33.1 Å². The maximum absolute atomic E-state index is 5.52. The second-order valence-electron chi connectivity index (χ2n) is 8.30. The molecule has 2 saturated heterocycles. The van der Waals surface area contributed by atoms with Gasteiger partial charge in [0.15, 0.2) is 5.96 Å². The minimum Gasteiger partial charge on any atom is -0.495 e. The van der Waals surface area contributed by atoms with Gasteiger partial charge >= 0.3 is 0 Å². The molecule has 29 heavy (non-hydrogen) atoms. The Morgan fingerprint density at radius 3 is 2.72 bits per heavy atom. The molecule has 2 atom stereocenters. The van der Waals surface area contributed by atoms with Crippen LogP contribution in [-0.4, -0.2) is 69.8 Å². The first-order chi connectivity index (χ1) is 13.6. The number of guanidine groups is 1. The first-order valence-electron chi connectivity index (χ1n) is 10.7. The van der Waals surface area contributed by atoms with Gasteiger partial charge in [-0.25, -0.2) is 0 Å². The fourth-order valence-corrected chi connectivity index (χ4v) is 4.35. The van der Waals surface area contributed by atoms with Gasteiger partial charge in [0.05, 0.1) is 12.8 Å². The van der Waals surface area contributed by atoms with E-state index >= 15 is 0 Å². The fraction of sp³-hybridized carbons (Fsp3) is 0.682. The topological polar surface area (TPSA) is 52.1 Å². The molecular weight excluding hydrogens is 477 g/mol. The van der Waals surface area contributed by atoms with Crippen LogP contribution < -0.4 is 20.3 Å². The van der Waals surface area contributed by atoms with Crippen LogP contribution >= 0.6 is 24.0 Å². The number of hydrogen-bond donors (Lipinski definition) is 2. The minimum absolute atomic E-state index is 0. The van der Waals surface area contributed by atoms with E-state index in [9.17, 15) is 0 Å². The van der Waals surface area contributed by atoms with Crippen molar-refractivity contribution in [1.29, 1.82) is 0 Å². The van der Waals surface area contributed by atoms with Gasteiger partial charge < -0.3 is 25.2 Å². The summed E-state index contributed by atoms with van der Waals surface area (Å²) in [5.74, 6) is 2.56. The van der Waals surface area contributed by atoms with E-state index in [0.29, 0.717) is 18.0 Å². The highest BCUT2D eigenvalue weighted by Crippen LogP contribution is 2.30. The van der Waals surface area contributed by atoms with Crippen LogP contribution in [0.4, 0.5) is 5.69 Å². The summed E-state index contributed by atoms with van der Waals surface area (Å²) in [6.45, 7) is 10.0. The average molecular weight is 515 g/mol. The number of nitrogens with one attached hydrogen (secondary N) is 2. The molecule has 2 fully saturated rings. The Bertz CT molecular complexity index is 654. The SMILES string of the molecule is CN=C(NCC1CCCN(C(C)C)C1)NC1CCN(c2ccccc2OC)C1.I. The third-order valence-corrected chi connectivity index (χ3v) is 6.02. The second kappa shape index (κ2) is 11.8. The quantitative estimate of drug-likeness (QED) is 0.347. The van der Waals surface area contributed by atoms with Gasteiger partial charge in [-0.3, -0.25) is 4.99 Å². The van der Waals surface area contributed by atoms with Crippen molar-refractivity contribution in [3.63, 3.8) is 0 Å². The number of ether oxygens (including phenoxy) is 1. The zero-order chi connectivity index (χ0) is 19.9. The summed E-state index contributed by atoms with van der Waals surface area (Å²) in [5, 5.41) is 7.19. The van der Waals surface area contributed by atoms with Crippen LogP contribution in [0.5, 0.6) is 5.75 Å². The molecule has 164 valence electrons. The smallest absolute Gasteiger partial charge is 0.191 e. The molecule has 2 heterocycles. The van der Waals surface area contributed by atoms with E-state index in [1.165, 1.54) is 31.6 Å². The predicted octanol–water partition coefficient (Wildman–Crippen LogP) is 3.18. The van der Waals surface area contributed by atoms with Gasteiger partial charge in [0.2, 0.25) is 0 Å². The van der Waals surface area contributed by atoms with Crippen molar-refractivity contribution in [1.82, 2.24) is 15.5 Å². The monoisotopic (exact) mass is 515 g/mol. The van der Waals surface area contributed by atoms with E-state index in [1.54, 1.807) is 7.11 Å². The van der Waals surface area contributed by atoms with Gasteiger partial charge in [-0.15, -0.1) is 24.0 Å². The summed E-state index contributed by atoms with van der Waals surface area (Å²) in [5.41, 5.74) is 1.17. The molecule has 0 bridgehead atoms. The zero-order valence-corrected chi connectivity index (χ0v) is 20.7. The highest BCUT2D eigenvalue weighted by atomic mass is 127. The van der Waals surface area contributed by atoms with Gasteiger partial charge in [-0.2, -0.15) is 0 Å². The summed E-state index contributed by atoms with van der Waals surface area (Å²) in [4.78, 5) is 9.44. The van der Waals surface area contributed by atoms with Crippen molar-refractivity contribution in [2.45, 2.75) is 45.2 Å². The minimum atomic E-state index is 0. The number of hydrogen-bond acceptors (Lipinski definition) is 4. The second-order valence-corrected chi connectivity index (χ2v) is 8.30. The maximum atomic E-state index is 5.52. The molecule has 0 aromatic heterocycles. The molecule has 7 heteroatoms. The number of nitrogens with zero attached hydrogens (tertiary/aromatic N) is 3. The lowest BCUT2D eigenvalue weighted by Crippen LogP contribution is -2.48. The van der Waals surface area contributed by atoms with Gasteiger partial charge in [0.25, 0.3) is 0 Å². The summed E-state index contributed by atoms with van der Waals surface area (Å²) >= 11 is 0. The van der Waals surface area contributed by atoms with E-state index in [0.717, 1.165) is 37.8 Å². The molecular formula is C22H38IN5O. The first-order valence-corrected chi connectivity index (χ1v) is 10.7. The van der Waals surface area contributed by atoms with Gasteiger partial charge in [-0.1, -0.05) is 12.1 Å². The van der Waals surface area contributed by atoms with Crippen molar-refractivity contribution in [3.05, 3.63) is 24.3 Å². The van der Waals surface area contributed by atoms with Crippen LogP contribution in [0.2, 0.25) is 0 Å². The maximum Gasteiger partial charge on any atom is 0.191 e. The van der Waals surface area contributed by atoms with Gasteiger partial charge in [0.1, 0.15) is 5.75 Å². The Hall–Kier alpha value is -1.22. The molecule has 1 aromatic carbocycles. The highest BCUT2D eigenvalue weighted by Gasteiger charge is 2.26. The number of methoxy groups -OCH3 is 1. The summed E-state index contributed by atoms with van der Waals surface area (Å²) in [6, 6.07) is 9.29. The van der Waals surface area contributed by atoms with Crippen molar-refractivity contribution in [2.75, 3.05) is 51.8 Å². The van der Waals surface area contributed by atoms with E-state index in [1.807, 2.05) is 19.2 Å². The molecule has 0 amide bonds. The molecule has 0 radical (unpaired) electrons. The first kappa shape index (κ1) is 24.1. The van der Waals surface area contributed by atoms with Crippen LogP contribution in [0.15, 0.2) is 29.3 Å². The van der Waals surface area contributed by atoms with Crippen molar-refractivity contribution < 1.29 is 4.74 Å². The molecule has 0 spiro atoms. The van der Waals surface area contributed by atoms with Gasteiger partial charge in [0, 0.05) is 45.3 Å². The summed E-state index contributed by atoms with van der Waals surface area (Å²) in [7, 11) is 3.60. The summed E-state index contributed by atoms with van der Waals surface area (Å²) < 4.78 is 5.52. The van der Waals surface area contributed by atoms with Crippen LogP contribution in [0, 0.1) is 5.92 Å². The Balaban J connectivity index is 0.00000300. The predicted molar refractivity (Wildman–Crippen MR) is 133 cm³/mol. The number of anilines is 1. The molecule has 0 saturated carbocycles. The van der Waals surface area contributed by atoms with Crippen molar-refractivity contribution in [3.8, 4) is 5.75 Å². The average Bonchev–Trinajstić information content (AvgIpc) is 3.19. The van der Waals surface area contributed by atoms with Crippen LogP contribution in [0.25, 0.3) is 0 Å². The number of para-hydroxylation sites is 2. The number of halogens is 1. The molecule has 0 aliphatic carbocycles. The number of likely N-dealkylation sites (tertiary alicyclic amines) is 1. The number of aliphatic imine (C=N–C) groups is 1. The fourth-order valence-electron chi connectivity index (χ4n) is 4.35. The largest absolute Gasteiger partial charge is 0.495 e. The lowest BCUT2D eigenvalue weighted by molar-refractivity contribution is 0.141. The Morgan fingerprint density at radius 1 is 1.21 bits per heavy atom. The van der Waals surface area contributed by atoms with Crippen LogP contribution in [-0.2, 0) is 0 Å². The Labute approximate surface area is 193 Å². The van der Waals surface area contributed by atoms with Gasteiger partial charge in [-0.05, 0) is 57.7 Å². The van der Waals surface area contributed by atoms with E-state index in [2.05, 4.69) is 51.4 Å². The number of rotatable bonds is 6. The molecule has 2 N–H and O–H groups in total. The van der Waals surface area contributed by atoms with E-state index in [-0.39, 0.29) is 24.0 Å². The lowest BCUT2D eigenvalue weighted by Gasteiger charge is -2.35. The molecule has 2 aliphatic rings. The molecule has 2 aliphatic heterocycles. The summed E-state index contributed by atoms with van der Waals surface area (Å²) in [6.07, 6.45) is 3.70. The molecule has 6 nitrogen and oxygen atoms in total. The molecule has 2 unspecified atom stereocenters. The van der Waals surface area contributed by atoms with Crippen molar-refractivity contribution >= 4 is 35.6 Å². The third kappa shape index (κ3) is 6.64. The standard InChI is InChI=1S/C22H37N5O.HI/c1-17(2)26-12-7-8-18(15-26)14-24-22(23-3)25-19-11-13-27(16-19)20-9-5-6-10-21(20)28-4;/h5-6,9-10,17-19H,7-8,11-16H2,1-4H3,(H2,23,24,25);1H.